The SMILES string of the molecule is CC(C)OC(=O)c1ccc(N2C[C@@H](C(=O)OCC(=O)NNC(=O)c3ccccc3)CC2=O)cc1. The second-order valence-electron chi connectivity index (χ2n) is 7.88. The Bertz CT molecular complexity index is 1070. The summed E-state index contributed by atoms with van der Waals surface area (Å²) >= 11 is 0. The van der Waals surface area contributed by atoms with Crippen molar-refractivity contribution in [3.8, 4) is 0 Å². The monoisotopic (exact) mass is 467 g/mol. The molecule has 1 fully saturated rings. The maximum absolute atomic E-state index is 12.4. The molecule has 1 atom stereocenters. The number of nitrogens with one attached hydrogen (secondary N) is 2. The number of nitrogens with zero attached hydrogens (tertiary/aromatic N) is 1. The molecular weight excluding hydrogens is 442 g/mol. The van der Waals surface area contributed by atoms with Crippen LogP contribution in [-0.4, -0.2) is 48.9 Å². The zero-order valence-corrected chi connectivity index (χ0v) is 18.8. The Kier molecular flexibility index (Phi) is 7.96. The number of hydrogen-bond donors (Lipinski definition) is 2. The van der Waals surface area contributed by atoms with E-state index in [4.69, 9.17) is 9.47 Å². The molecule has 0 unspecified atom stereocenters. The van der Waals surface area contributed by atoms with Gasteiger partial charge in [0.2, 0.25) is 5.91 Å². The van der Waals surface area contributed by atoms with Crippen molar-refractivity contribution in [3.63, 3.8) is 0 Å². The first-order valence-electron chi connectivity index (χ1n) is 10.7. The predicted molar refractivity (Wildman–Crippen MR) is 120 cm³/mol. The normalized spacial score (nSPS) is 15.1. The van der Waals surface area contributed by atoms with Crippen molar-refractivity contribution in [1.82, 2.24) is 10.9 Å². The van der Waals surface area contributed by atoms with Crippen LogP contribution in [0.3, 0.4) is 0 Å². The summed E-state index contributed by atoms with van der Waals surface area (Å²) in [4.78, 5) is 61.9. The number of hydrogen-bond acceptors (Lipinski definition) is 7. The van der Waals surface area contributed by atoms with Gasteiger partial charge in [0.15, 0.2) is 6.61 Å². The van der Waals surface area contributed by atoms with Crippen molar-refractivity contribution in [1.29, 1.82) is 0 Å². The third-order valence-electron chi connectivity index (χ3n) is 4.91. The number of carbonyl (C=O) groups is 5. The molecule has 0 spiro atoms. The lowest BCUT2D eigenvalue weighted by Gasteiger charge is -2.17. The maximum Gasteiger partial charge on any atom is 0.338 e. The summed E-state index contributed by atoms with van der Waals surface area (Å²) in [5, 5.41) is 0. The number of anilines is 1. The molecule has 1 heterocycles. The van der Waals surface area contributed by atoms with E-state index in [9.17, 15) is 24.0 Å². The van der Waals surface area contributed by atoms with Crippen LogP contribution in [-0.2, 0) is 23.9 Å². The fraction of sp³-hybridized carbons (Fsp3) is 0.292. The molecule has 10 heteroatoms. The Morgan fingerprint density at radius 2 is 1.65 bits per heavy atom. The Hall–Kier alpha value is -4.21. The predicted octanol–water partition coefficient (Wildman–Crippen LogP) is 1.61. The zero-order valence-electron chi connectivity index (χ0n) is 18.8. The van der Waals surface area contributed by atoms with Crippen LogP contribution in [0.25, 0.3) is 0 Å². The van der Waals surface area contributed by atoms with Gasteiger partial charge in [0.05, 0.1) is 17.6 Å². The van der Waals surface area contributed by atoms with Gasteiger partial charge in [-0.25, -0.2) is 4.79 Å². The highest BCUT2D eigenvalue weighted by molar-refractivity contribution is 6.00. The molecule has 3 rings (SSSR count). The molecular formula is C24H25N3O7. The number of amides is 3. The molecule has 2 aromatic carbocycles. The fourth-order valence-electron chi connectivity index (χ4n) is 3.25. The van der Waals surface area contributed by atoms with Gasteiger partial charge in [0.25, 0.3) is 11.8 Å². The van der Waals surface area contributed by atoms with Gasteiger partial charge in [0.1, 0.15) is 0 Å². The van der Waals surface area contributed by atoms with Crippen LogP contribution in [0.2, 0.25) is 0 Å². The molecule has 0 aliphatic carbocycles. The van der Waals surface area contributed by atoms with Crippen molar-refractivity contribution in [2.24, 2.45) is 5.92 Å². The minimum atomic E-state index is -0.746. The lowest BCUT2D eigenvalue weighted by atomic mass is 10.1. The number of rotatable bonds is 7. The van der Waals surface area contributed by atoms with Gasteiger partial charge in [-0.1, -0.05) is 18.2 Å². The Morgan fingerprint density at radius 3 is 2.29 bits per heavy atom. The Balaban J connectivity index is 1.46. The molecule has 10 nitrogen and oxygen atoms in total. The van der Waals surface area contributed by atoms with Gasteiger partial charge in [-0.2, -0.15) is 0 Å². The number of esters is 2. The van der Waals surface area contributed by atoms with Crippen LogP contribution in [0, 0.1) is 5.92 Å². The minimum Gasteiger partial charge on any atom is -0.459 e. The minimum absolute atomic E-state index is 0.0671. The van der Waals surface area contributed by atoms with Gasteiger partial charge in [-0.05, 0) is 50.2 Å². The summed E-state index contributed by atoms with van der Waals surface area (Å²) in [7, 11) is 0. The van der Waals surface area contributed by atoms with Crippen molar-refractivity contribution in [3.05, 3.63) is 65.7 Å². The van der Waals surface area contributed by atoms with E-state index in [-0.39, 0.29) is 25.0 Å². The van der Waals surface area contributed by atoms with E-state index >= 15 is 0 Å². The fourth-order valence-corrected chi connectivity index (χ4v) is 3.25. The van der Waals surface area contributed by atoms with Gasteiger partial charge in [-0.15, -0.1) is 0 Å². The summed E-state index contributed by atoms with van der Waals surface area (Å²) in [6.45, 7) is 2.97. The summed E-state index contributed by atoms with van der Waals surface area (Å²) in [5.41, 5.74) is 5.63. The van der Waals surface area contributed by atoms with Gasteiger partial charge >= 0.3 is 11.9 Å². The Labute approximate surface area is 196 Å². The first-order valence-corrected chi connectivity index (χ1v) is 10.7. The largest absolute Gasteiger partial charge is 0.459 e. The number of ether oxygens (including phenoxy) is 2. The van der Waals surface area contributed by atoms with Crippen LogP contribution < -0.4 is 15.8 Å². The molecule has 0 radical (unpaired) electrons. The first kappa shape index (κ1) is 24.4. The van der Waals surface area contributed by atoms with Gasteiger partial charge < -0.3 is 14.4 Å². The first-order chi connectivity index (χ1) is 16.2. The van der Waals surface area contributed by atoms with E-state index in [1.807, 2.05) is 0 Å². The zero-order chi connectivity index (χ0) is 24.7. The second-order valence-corrected chi connectivity index (χ2v) is 7.88. The van der Waals surface area contributed by atoms with E-state index in [1.54, 1.807) is 68.4 Å². The number of carbonyl (C=O) groups excluding carboxylic acids is 5. The average Bonchev–Trinajstić information content (AvgIpc) is 3.22. The van der Waals surface area contributed by atoms with Crippen LogP contribution in [0.1, 0.15) is 41.0 Å². The van der Waals surface area contributed by atoms with Crippen LogP contribution >= 0.6 is 0 Å². The van der Waals surface area contributed by atoms with Crippen molar-refractivity contribution in [2.45, 2.75) is 26.4 Å². The summed E-state index contributed by atoms with van der Waals surface area (Å²) < 4.78 is 10.1. The molecule has 0 bridgehead atoms. The van der Waals surface area contributed by atoms with Crippen LogP contribution in [0.4, 0.5) is 5.69 Å². The highest BCUT2D eigenvalue weighted by atomic mass is 16.5. The van der Waals surface area contributed by atoms with Gasteiger partial charge in [-0.3, -0.25) is 30.0 Å². The third kappa shape index (κ3) is 6.41. The summed E-state index contributed by atoms with van der Waals surface area (Å²) in [6, 6.07) is 14.6. The van der Waals surface area contributed by atoms with Crippen LogP contribution in [0.15, 0.2) is 54.6 Å². The molecule has 178 valence electrons. The molecule has 1 aliphatic rings. The molecule has 2 N–H and O–H groups in total. The average molecular weight is 467 g/mol. The van der Waals surface area contributed by atoms with E-state index in [1.165, 1.54) is 4.90 Å². The molecule has 1 saturated heterocycles. The lowest BCUT2D eigenvalue weighted by Crippen LogP contribution is -2.43. The summed E-state index contributed by atoms with van der Waals surface area (Å²) in [6.07, 6.45) is -0.316. The van der Waals surface area contributed by atoms with E-state index in [2.05, 4.69) is 10.9 Å². The van der Waals surface area contributed by atoms with E-state index in [0.29, 0.717) is 16.8 Å². The topological polar surface area (TPSA) is 131 Å². The van der Waals surface area contributed by atoms with Crippen LogP contribution in [0.5, 0.6) is 0 Å². The highest BCUT2D eigenvalue weighted by Crippen LogP contribution is 2.26. The van der Waals surface area contributed by atoms with Gasteiger partial charge in [0, 0.05) is 24.2 Å². The smallest absolute Gasteiger partial charge is 0.338 e. The molecule has 0 aromatic heterocycles. The second kappa shape index (κ2) is 11.1. The standard InChI is InChI=1S/C24H25N3O7/c1-15(2)34-24(32)17-8-10-19(11-9-17)27-13-18(12-21(27)29)23(31)33-14-20(28)25-26-22(30)16-6-4-3-5-7-16/h3-11,15,18H,12-14H2,1-2H3,(H,25,28)(H,26,30)/t18-/m0/s1. The lowest BCUT2D eigenvalue weighted by molar-refractivity contribution is -0.152. The van der Waals surface area contributed by atoms with Crippen molar-refractivity contribution < 1.29 is 33.4 Å². The number of hydrazine groups is 1. The molecule has 2 aromatic rings. The molecule has 1 aliphatic heterocycles. The van der Waals surface area contributed by atoms with E-state index in [0.717, 1.165) is 0 Å². The summed E-state index contributed by atoms with van der Waals surface area (Å²) in [5.74, 6) is -3.42. The molecule has 3 amide bonds. The molecule has 0 saturated carbocycles. The van der Waals surface area contributed by atoms with Crippen molar-refractivity contribution >= 4 is 35.3 Å². The third-order valence-corrected chi connectivity index (χ3v) is 4.91. The number of benzene rings is 2. The van der Waals surface area contributed by atoms with E-state index < -0.39 is 36.3 Å². The van der Waals surface area contributed by atoms with Crippen molar-refractivity contribution in [2.75, 3.05) is 18.1 Å². The molecule has 34 heavy (non-hydrogen) atoms. The quantitative estimate of drug-likeness (QED) is 0.467. The highest BCUT2D eigenvalue weighted by Gasteiger charge is 2.36. The maximum atomic E-state index is 12.4. The Morgan fingerprint density at radius 1 is 0.971 bits per heavy atom.